The first-order valence-corrected chi connectivity index (χ1v) is 6.07. The van der Waals surface area contributed by atoms with Crippen LogP contribution < -0.4 is 16.8 Å². The van der Waals surface area contributed by atoms with Crippen molar-refractivity contribution in [3.8, 4) is 0 Å². The van der Waals surface area contributed by atoms with Crippen molar-refractivity contribution in [2.75, 3.05) is 11.1 Å². The van der Waals surface area contributed by atoms with Gasteiger partial charge in [0.1, 0.15) is 0 Å². The van der Waals surface area contributed by atoms with E-state index in [9.17, 15) is 4.79 Å². The Morgan fingerprint density at radius 3 is 2.61 bits per heavy atom. The van der Waals surface area contributed by atoms with E-state index < -0.39 is 5.91 Å². The molecule has 0 fully saturated rings. The second kappa shape index (κ2) is 5.10. The van der Waals surface area contributed by atoms with Crippen LogP contribution in [0.1, 0.15) is 10.4 Å². The molecule has 0 aromatic heterocycles. The highest BCUT2D eigenvalue weighted by atomic mass is 79.9. The summed E-state index contributed by atoms with van der Waals surface area (Å²) >= 11 is 3.38. The predicted octanol–water partition coefficient (Wildman–Crippen LogP) is 2.87. The first-order chi connectivity index (χ1) is 8.56. The summed E-state index contributed by atoms with van der Waals surface area (Å²) in [7, 11) is 0. The Labute approximate surface area is 113 Å². The van der Waals surface area contributed by atoms with Gasteiger partial charge in [0.2, 0.25) is 0 Å². The number of nitrogens with one attached hydrogen (secondary N) is 1. The molecule has 0 bridgehead atoms. The molecular weight excluding hydrogens is 294 g/mol. The summed E-state index contributed by atoms with van der Waals surface area (Å²) in [5.41, 5.74) is 13.4. The van der Waals surface area contributed by atoms with Gasteiger partial charge in [0.25, 0.3) is 5.91 Å². The van der Waals surface area contributed by atoms with Crippen LogP contribution in [0.5, 0.6) is 0 Å². The molecule has 2 rings (SSSR count). The number of carbonyl (C=O) groups excluding carboxylic acids is 1. The molecule has 0 unspecified atom stereocenters. The molecule has 0 spiro atoms. The lowest BCUT2D eigenvalue weighted by molar-refractivity contribution is 0.100. The molecule has 4 nitrogen and oxygen atoms in total. The van der Waals surface area contributed by atoms with Crippen LogP contribution in [0, 0.1) is 0 Å². The van der Waals surface area contributed by atoms with E-state index >= 15 is 0 Å². The fourth-order valence-corrected chi connectivity index (χ4v) is 2.00. The van der Waals surface area contributed by atoms with Gasteiger partial charge < -0.3 is 16.8 Å². The first-order valence-electron chi connectivity index (χ1n) is 5.28. The maximum absolute atomic E-state index is 11.3. The number of hydrogen-bond donors (Lipinski definition) is 3. The SMILES string of the molecule is NC(=O)c1ccc(N)cc1Nc1cccc(Br)c1. The van der Waals surface area contributed by atoms with Crippen LogP contribution in [0.4, 0.5) is 17.1 Å². The van der Waals surface area contributed by atoms with E-state index in [1.54, 1.807) is 18.2 Å². The fraction of sp³-hybridized carbons (Fsp3) is 0. The summed E-state index contributed by atoms with van der Waals surface area (Å²) < 4.78 is 0.942. The van der Waals surface area contributed by atoms with E-state index in [4.69, 9.17) is 11.5 Å². The molecule has 0 aliphatic heterocycles. The third kappa shape index (κ3) is 2.81. The number of nitrogen functional groups attached to an aromatic ring is 1. The molecule has 0 heterocycles. The smallest absolute Gasteiger partial charge is 0.250 e. The molecule has 2 aromatic rings. The summed E-state index contributed by atoms with van der Waals surface area (Å²) in [4.78, 5) is 11.3. The first kappa shape index (κ1) is 12.4. The van der Waals surface area contributed by atoms with Crippen LogP contribution in [-0.2, 0) is 0 Å². The summed E-state index contributed by atoms with van der Waals surface area (Å²) in [6, 6.07) is 12.5. The standard InChI is InChI=1S/C13H12BrN3O/c14-8-2-1-3-10(6-8)17-12-7-9(15)4-5-11(12)13(16)18/h1-7,17H,15H2,(H2,16,18). The molecule has 0 saturated heterocycles. The number of benzene rings is 2. The van der Waals surface area contributed by atoms with Gasteiger partial charge in [-0.3, -0.25) is 4.79 Å². The molecule has 5 N–H and O–H groups in total. The Kier molecular flexibility index (Phi) is 3.53. The highest BCUT2D eigenvalue weighted by Gasteiger charge is 2.08. The number of hydrogen-bond acceptors (Lipinski definition) is 3. The van der Waals surface area contributed by atoms with Crippen molar-refractivity contribution in [2.45, 2.75) is 0 Å². The molecule has 0 atom stereocenters. The Balaban J connectivity index is 2.39. The number of carbonyl (C=O) groups is 1. The van der Waals surface area contributed by atoms with Crippen LogP contribution in [-0.4, -0.2) is 5.91 Å². The molecule has 92 valence electrons. The second-order valence-corrected chi connectivity index (χ2v) is 4.72. The number of nitrogens with two attached hydrogens (primary N) is 2. The van der Waals surface area contributed by atoms with Crippen molar-refractivity contribution < 1.29 is 4.79 Å². The van der Waals surface area contributed by atoms with Gasteiger partial charge in [0.15, 0.2) is 0 Å². The minimum Gasteiger partial charge on any atom is -0.399 e. The van der Waals surface area contributed by atoms with Crippen LogP contribution in [0.2, 0.25) is 0 Å². The fourth-order valence-electron chi connectivity index (χ4n) is 1.60. The summed E-state index contributed by atoms with van der Waals surface area (Å²) in [6.45, 7) is 0. The number of rotatable bonds is 3. The van der Waals surface area contributed by atoms with Crippen molar-refractivity contribution in [3.63, 3.8) is 0 Å². The van der Waals surface area contributed by atoms with Gasteiger partial charge >= 0.3 is 0 Å². The van der Waals surface area contributed by atoms with E-state index in [1.807, 2.05) is 24.3 Å². The highest BCUT2D eigenvalue weighted by molar-refractivity contribution is 9.10. The Hall–Kier alpha value is -2.01. The van der Waals surface area contributed by atoms with E-state index in [0.717, 1.165) is 10.2 Å². The average molecular weight is 306 g/mol. The topological polar surface area (TPSA) is 81.1 Å². The molecule has 0 saturated carbocycles. The Bertz CT molecular complexity index is 599. The Morgan fingerprint density at radius 2 is 1.94 bits per heavy atom. The number of primary amides is 1. The lowest BCUT2D eigenvalue weighted by Crippen LogP contribution is -2.13. The van der Waals surface area contributed by atoms with Crippen molar-refractivity contribution in [2.24, 2.45) is 5.73 Å². The molecule has 2 aromatic carbocycles. The van der Waals surface area contributed by atoms with E-state index in [1.165, 1.54) is 0 Å². The maximum atomic E-state index is 11.3. The maximum Gasteiger partial charge on any atom is 0.250 e. The zero-order chi connectivity index (χ0) is 13.1. The van der Waals surface area contributed by atoms with Gasteiger partial charge in [0, 0.05) is 15.8 Å². The van der Waals surface area contributed by atoms with E-state index in [0.29, 0.717) is 16.9 Å². The lowest BCUT2D eigenvalue weighted by Gasteiger charge is -2.11. The van der Waals surface area contributed by atoms with E-state index in [2.05, 4.69) is 21.2 Å². The summed E-state index contributed by atoms with van der Waals surface area (Å²) in [5, 5.41) is 3.12. The second-order valence-electron chi connectivity index (χ2n) is 3.80. The molecule has 5 heteroatoms. The molecule has 0 aliphatic carbocycles. The molecule has 0 radical (unpaired) electrons. The number of amides is 1. The molecule has 18 heavy (non-hydrogen) atoms. The van der Waals surface area contributed by atoms with Gasteiger partial charge in [-0.2, -0.15) is 0 Å². The Morgan fingerprint density at radius 1 is 1.17 bits per heavy atom. The normalized spacial score (nSPS) is 10.1. The third-order valence-corrected chi connectivity index (χ3v) is 2.91. The lowest BCUT2D eigenvalue weighted by atomic mass is 10.1. The van der Waals surface area contributed by atoms with Crippen LogP contribution in [0.3, 0.4) is 0 Å². The van der Waals surface area contributed by atoms with Crippen molar-refractivity contribution in [1.82, 2.24) is 0 Å². The van der Waals surface area contributed by atoms with Crippen LogP contribution in [0.15, 0.2) is 46.9 Å². The van der Waals surface area contributed by atoms with Gasteiger partial charge in [-0.15, -0.1) is 0 Å². The zero-order valence-corrected chi connectivity index (χ0v) is 11.1. The monoisotopic (exact) mass is 305 g/mol. The van der Waals surface area contributed by atoms with Gasteiger partial charge in [0.05, 0.1) is 11.3 Å². The van der Waals surface area contributed by atoms with Crippen molar-refractivity contribution >= 4 is 38.9 Å². The van der Waals surface area contributed by atoms with Crippen molar-refractivity contribution in [1.29, 1.82) is 0 Å². The number of halogens is 1. The quantitative estimate of drug-likeness (QED) is 0.763. The summed E-state index contributed by atoms with van der Waals surface area (Å²) in [6.07, 6.45) is 0. The third-order valence-electron chi connectivity index (χ3n) is 2.41. The van der Waals surface area contributed by atoms with Gasteiger partial charge in [-0.25, -0.2) is 0 Å². The predicted molar refractivity (Wildman–Crippen MR) is 76.8 cm³/mol. The highest BCUT2D eigenvalue weighted by Crippen LogP contribution is 2.25. The molecular formula is C13H12BrN3O. The van der Waals surface area contributed by atoms with Gasteiger partial charge in [-0.05, 0) is 36.4 Å². The largest absolute Gasteiger partial charge is 0.399 e. The molecule has 0 aliphatic rings. The number of anilines is 3. The van der Waals surface area contributed by atoms with Crippen LogP contribution in [0.25, 0.3) is 0 Å². The van der Waals surface area contributed by atoms with Gasteiger partial charge in [-0.1, -0.05) is 22.0 Å². The minimum atomic E-state index is -0.493. The van der Waals surface area contributed by atoms with Crippen molar-refractivity contribution in [3.05, 3.63) is 52.5 Å². The van der Waals surface area contributed by atoms with Crippen LogP contribution >= 0.6 is 15.9 Å². The average Bonchev–Trinajstić information content (AvgIpc) is 2.28. The minimum absolute atomic E-state index is 0.407. The van der Waals surface area contributed by atoms with E-state index in [-0.39, 0.29) is 0 Å². The zero-order valence-electron chi connectivity index (χ0n) is 9.48. The summed E-state index contributed by atoms with van der Waals surface area (Å²) in [5.74, 6) is -0.493. The molecule has 1 amide bonds.